The van der Waals surface area contributed by atoms with Crippen LogP contribution in [0.3, 0.4) is 0 Å². The quantitative estimate of drug-likeness (QED) is 0.824. The highest BCUT2D eigenvalue weighted by Crippen LogP contribution is 2.21. The first-order valence-electron chi connectivity index (χ1n) is 6.24. The topological polar surface area (TPSA) is 58.2 Å². The minimum Gasteiger partial charge on any atom is -0.273 e. The van der Waals surface area contributed by atoms with Crippen molar-refractivity contribution in [1.82, 2.24) is 10.9 Å². The molecule has 0 radical (unpaired) electrons. The molecule has 0 aliphatic carbocycles. The molecule has 0 saturated heterocycles. The summed E-state index contributed by atoms with van der Waals surface area (Å²) in [6.45, 7) is 0. The van der Waals surface area contributed by atoms with Crippen molar-refractivity contribution >= 4 is 46.6 Å². The van der Waals surface area contributed by atoms with Crippen LogP contribution in [-0.4, -0.2) is 11.8 Å². The molecule has 22 heavy (non-hydrogen) atoms. The first kappa shape index (κ1) is 16.6. The van der Waals surface area contributed by atoms with Gasteiger partial charge in [0.1, 0.15) is 0 Å². The van der Waals surface area contributed by atoms with Gasteiger partial charge in [-0.25, -0.2) is 0 Å². The minimum atomic E-state index is -0.438. The van der Waals surface area contributed by atoms with Crippen LogP contribution in [0.5, 0.6) is 0 Å². The van der Waals surface area contributed by atoms with Gasteiger partial charge < -0.3 is 0 Å². The molecule has 0 aliphatic heterocycles. The van der Waals surface area contributed by atoms with Crippen LogP contribution in [0.2, 0.25) is 15.1 Å². The van der Waals surface area contributed by atoms with E-state index in [0.29, 0.717) is 26.2 Å². The predicted octanol–water partition coefficient (Wildman–Crippen LogP) is 3.65. The summed E-state index contributed by atoms with van der Waals surface area (Å²) in [6.07, 6.45) is 0.0247. The van der Waals surface area contributed by atoms with E-state index in [0.717, 1.165) is 0 Å². The van der Waals surface area contributed by atoms with Crippen LogP contribution in [0, 0.1) is 0 Å². The maximum absolute atomic E-state index is 11.8. The van der Waals surface area contributed by atoms with E-state index in [1.54, 1.807) is 42.5 Å². The van der Waals surface area contributed by atoms with Crippen LogP contribution >= 0.6 is 34.8 Å². The van der Waals surface area contributed by atoms with E-state index in [2.05, 4.69) is 10.9 Å². The standard InChI is InChI=1S/C15H11Cl3N2O2/c16-11-4-1-9(2-5-11)15(22)20-19-14(21)7-10-3-6-12(17)8-13(10)18/h1-6,8H,7H2,(H,19,21)(H,20,22). The molecule has 0 heterocycles. The van der Waals surface area contributed by atoms with Crippen LogP contribution in [0.1, 0.15) is 15.9 Å². The molecule has 114 valence electrons. The monoisotopic (exact) mass is 356 g/mol. The van der Waals surface area contributed by atoms with Gasteiger partial charge in [0.05, 0.1) is 6.42 Å². The number of carbonyl (C=O) groups is 2. The van der Waals surface area contributed by atoms with E-state index >= 15 is 0 Å². The third kappa shape index (κ3) is 4.63. The van der Waals surface area contributed by atoms with Crippen LogP contribution in [0.25, 0.3) is 0 Å². The maximum atomic E-state index is 11.8. The van der Waals surface area contributed by atoms with Crippen LogP contribution in [-0.2, 0) is 11.2 Å². The number of benzene rings is 2. The summed E-state index contributed by atoms with van der Waals surface area (Å²) in [4.78, 5) is 23.6. The van der Waals surface area contributed by atoms with Crippen molar-refractivity contribution in [3.05, 3.63) is 68.7 Å². The highest BCUT2D eigenvalue weighted by Gasteiger charge is 2.10. The highest BCUT2D eigenvalue weighted by atomic mass is 35.5. The molecule has 2 aromatic carbocycles. The molecule has 0 fully saturated rings. The summed E-state index contributed by atoms with van der Waals surface area (Å²) in [6, 6.07) is 11.1. The van der Waals surface area contributed by atoms with Gasteiger partial charge in [0.25, 0.3) is 5.91 Å². The number of hydrogen-bond acceptors (Lipinski definition) is 2. The third-order valence-electron chi connectivity index (χ3n) is 2.79. The number of rotatable bonds is 3. The van der Waals surface area contributed by atoms with Gasteiger partial charge in [0.2, 0.25) is 5.91 Å². The smallest absolute Gasteiger partial charge is 0.269 e. The van der Waals surface area contributed by atoms with Crippen molar-refractivity contribution in [1.29, 1.82) is 0 Å². The number of hydrogen-bond donors (Lipinski definition) is 2. The second kappa shape index (κ2) is 7.49. The van der Waals surface area contributed by atoms with Crippen molar-refractivity contribution < 1.29 is 9.59 Å². The first-order valence-corrected chi connectivity index (χ1v) is 7.38. The van der Waals surface area contributed by atoms with Crippen molar-refractivity contribution in [3.63, 3.8) is 0 Å². The fourth-order valence-corrected chi connectivity index (χ4v) is 2.28. The lowest BCUT2D eigenvalue weighted by Crippen LogP contribution is -2.42. The van der Waals surface area contributed by atoms with Crippen molar-refractivity contribution in [3.8, 4) is 0 Å². The van der Waals surface area contributed by atoms with Gasteiger partial charge in [-0.15, -0.1) is 0 Å². The second-order valence-electron chi connectivity index (χ2n) is 4.42. The molecule has 2 amide bonds. The molecule has 0 bridgehead atoms. The Balaban J connectivity index is 1.89. The Morgan fingerprint density at radius 1 is 0.864 bits per heavy atom. The molecule has 0 spiro atoms. The SMILES string of the molecule is O=C(Cc1ccc(Cl)cc1Cl)NNC(=O)c1ccc(Cl)cc1. The number of nitrogens with one attached hydrogen (secondary N) is 2. The lowest BCUT2D eigenvalue weighted by atomic mass is 10.1. The van der Waals surface area contributed by atoms with Gasteiger partial charge in [0.15, 0.2) is 0 Å². The molecule has 0 unspecified atom stereocenters. The average Bonchev–Trinajstić information content (AvgIpc) is 2.48. The predicted molar refractivity (Wildman–Crippen MR) is 87.2 cm³/mol. The summed E-state index contributed by atoms with van der Waals surface area (Å²) < 4.78 is 0. The number of hydrazine groups is 1. The first-order chi connectivity index (χ1) is 10.5. The van der Waals surface area contributed by atoms with E-state index in [-0.39, 0.29) is 6.42 Å². The lowest BCUT2D eigenvalue weighted by Gasteiger charge is -2.08. The van der Waals surface area contributed by atoms with E-state index < -0.39 is 11.8 Å². The van der Waals surface area contributed by atoms with E-state index in [4.69, 9.17) is 34.8 Å². The molecule has 2 aromatic rings. The molecular formula is C15H11Cl3N2O2. The van der Waals surface area contributed by atoms with Gasteiger partial charge in [-0.3, -0.25) is 20.4 Å². The molecule has 0 aliphatic rings. The summed E-state index contributed by atoms with van der Waals surface area (Å²) >= 11 is 17.5. The Morgan fingerprint density at radius 3 is 2.14 bits per heavy atom. The minimum absolute atomic E-state index is 0.0247. The van der Waals surface area contributed by atoms with Crippen molar-refractivity contribution in [2.75, 3.05) is 0 Å². The zero-order valence-corrected chi connectivity index (χ0v) is 13.5. The second-order valence-corrected chi connectivity index (χ2v) is 5.70. The largest absolute Gasteiger partial charge is 0.273 e. The van der Waals surface area contributed by atoms with Gasteiger partial charge >= 0.3 is 0 Å². The Bertz CT molecular complexity index is 702. The Labute approximate surface area is 142 Å². The number of amides is 2. The summed E-state index contributed by atoms with van der Waals surface area (Å²) in [5.74, 6) is -0.834. The normalized spacial score (nSPS) is 10.1. The summed E-state index contributed by atoms with van der Waals surface area (Å²) in [5, 5.41) is 1.41. The van der Waals surface area contributed by atoms with Gasteiger partial charge in [0, 0.05) is 20.6 Å². The average molecular weight is 358 g/mol. The van der Waals surface area contributed by atoms with Crippen LogP contribution in [0.15, 0.2) is 42.5 Å². The van der Waals surface area contributed by atoms with Gasteiger partial charge in [-0.05, 0) is 42.0 Å². The van der Waals surface area contributed by atoms with Gasteiger partial charge in [-0.1, -0.05) is 40.9 Å². The molecule has 2 N–H and O–H groups in total. The van der Waals surface area contributed by atoms with E-state index in [1.807, 2.05) is 0 Å². The van der Waals surface area contributed by atoms with Gasteiger partial charge in [-0.2, -0.15) is 0 Å². The molecule has 0 aromatic heterocycles. The Morgan fingerprint density at radius 2 is 1.50 bits per heavy atom. The van der Waals surface area contributed by atoms with Crippen LogP contribution in [0.4, 0.5) is 0 Å². The van der Waals surface area contributed by atoms with E-state index in [1.165, 1.54) is 0 Å². The molecule has 4 nitrogen and oxygen atoms in total. The fraction of sp³-hybridized carbons (Fsp3) is 0.0667. The zero-order valence-electron chi connectivity index (χ0n) is 11.2. The number of halogens is 3. The van der Waals surface area contributed by atoms with Crippen molar-refractivity contribution in [2.24, 2.45) is 0 Å². The van der Waals surface area contributed by atoms with E-state index in [9.17, 15) is 9.59 Å². The third-order valence-corrected chi connectivity index (χ3v) is 3.63. The molecular weight excluding hydrogens is 347 g/mol. The highest BCUT2D eigenvalue weighted by molar-refractivity contribution is 6.35. The molecule has 0 atom stereocenters. The Kier molecular flexibility index (Phi) is 5.66. The number of carbonyl (C=O) groups excluding carboxylic acids is 2. The van der Waals surface area contributed by atoms with Crippen LogP contribution < -0.4 is 10.9 Å². The summed E-state index contributed by atoms with van der Waals surface area (Å²) in [5.41, 5.74) is 5.64. The van der Waals surface area contributed by atoms with Crippen molar-refractivity contribution in [2.45, 2.75) is 6.42 Å². The zero-order chi connectivity index (χ0) is 16.1. The molecule has 0 saturated carbocycles. The summed E-state index contributed by atoms with van der Waals surface area (Å²) in [7, 11) is 0. The fourth-order valence-electron chi connectivity index (χ4n) is 1.68. The molecule has 2 rings (SSSR count). The molecule has 7 heteroatoms. The Hall–Kier alpha value is -1.75. The maximum Gasteiger partial charge on any atom is 0.269 e. The lowest BCUT2D eigenvalue weighted by molar-refractivity contribution is -0.121.